The zero-order valence-electron chi connectivity index (χ0n) is 11.4. The Kier molecular flexibility index (Phi) is 6.03. The Morgan fingerprint density at radius 1 is 1.42 bits per heavy atom. The molecule has 4 N–H and O–H groups in total. The van der Waals surface area contributed by atoms with Crippen LogP contribution in [0.4, 0.5) is 10.1 Å². The molecule has 1 aromatic carbocycles. The number of hydrogen-bond acceptors (Lipinski definition) is 2. The molecular weight excluding hydrogens is 239 g/mol. The van der Waals surface area contributed by atoms with E-state index in [0.29, 0.717) is 0 Å². The van der Waals surface area contributed by atoms with E-state index in [2.05, 4.69) is 13.0 Å². The molecule has 0 heterocycles. The minimum Gasteiger partial charge on any atom is -0.396 e. The molecule has 0 saturated heterocycles. The first kappa shape index (κ1) is 15.2. The largest absolute Gasteiger partial charge is 0.396 e. The van der Waals surface area contributed by atoms with Gasteiger partial charge in [-0.3, -0.25) is 0 Å². The molecule has 0 fully saturated rings. The summed E-state index contributed by atoms with van der Waals surface area (Å²) in [6, 6.07) is 4.28. The van der Waals surface area contributed by atoms with Gasteiger partial charge >= 0.3 is 0 Å². The van der Waals surface area contributed by atoms with E-state index in [1.54, 1.807) is 12.1 Å². The van der Waals surface area contributed by atoms with Crippen LogP contribution < -0.4 is 11.5 Å². The van der Waals surface area contributed by atoms with Gasteiger partial charge in [-0.25, -0.2) is 4.39 Å². The van der Waals surface area contributed by atoms with Gasteiger partial charge in [-0.15, -0.1) is 0 Å². The highest BCUT2D eigenvalue weighted by molar-refractivity contribution is 5.46. The highest BCUT2D eigenvalue weighted by atomic mass is 19.1. The SMILES string of the molecule is CC=CC(=CC=CCC)C(N)c1ccc(F)c(N)c1. The fourth-order valence-corrected chi connectivity index (χ4v) is 1.72. The number of hydrogen-bond donors (Lipinski definition) is 2. The van der Waals surface area contributed by atoms with Crippen molar-refractivity contribution in [2.45, 2.75) is 26.3 Å². The summed E-state index contributed by atoms with van der Waals surface area (Å²) in [4.78, 5) is 0. The van der Waals surface area contributed by atoms with Crippen LogP contribution in [0.25, 0.3) is 0 Å². The molecule has 0 saturated carbocycles. The van der Waals surface area contributed by atoms with Gasteiger partial charge in [0, 0.05) is 0 Å². The topological polar surface area (TPSA) is 52.0 Å². The molecule has 0 radical (unpaired) electrons. The normalized spacial score (nSPS) is 14.4. The van der Waals surface area contributed by atoms with Gasteiger partial charge in [0.05, 0.1) is 11.7 Å². The highest BCUT2D eigenvalue weighted by Crippen LogP contribution is 2.23. The molecule has 3 heteroatoms. The van der Waals surface area contributed by atoms with Crippen LogP contribution in [0.5, 0.6) is 0 Å². The fourth-order valence-electron chi connectivity index (χ4n) is 1.72. The molecule has 0 aromatic heterocycles. The third kappa shape index (κ3) is 4.38. The Morgan fingerprint density at radius 2 is 2.16 bits per heavy atom. The van der Waals surface area contributed by atoms with E-state index in [1.165, 1.54) is 6.07 Å². The van der Waals surface area contributed by atoms with Crippen molar-refractivity contribution in [3.8, 4) is 0 Å². The monoisotopic (exact) mass is 260 g/mol. The van der Waals surface area contributed by atoms with Crippen LogP contribution >= 0.6 is 0 Å². The smallest absolute Gasteiger partial charge is 0.146 e. The molecule has 102 valence electrons. The van der Waals surface area contributed by atoms with Crippen molar-refractivity contribution in [2.75, 3.05) is 5.73 Å². The van der Waals surface area contributed by atoms with Gasteiger partial charge in [0.25, 0.3) is 0 Å². The second kappa shape index (κ2) is 7.54. The van der Waals surface area contributed by atoms with E-state index >= 15 is 0 Å². The van der Waals surface area contributed by atoms with E-state index in [0.717, 1.165) is 17.6 Å². The van der Waals surface area contributed by atoms with Crippen LogP contribution in [0.1, 0.15) is 31.9 Å². The molecule has 0 amide bonds. The minimum atomic E-state index is -0.418. The first-order chi connectivity index (χ1) is 9.10. The molecule has 19 heavy (non-hydrogen) atoms. The van der Waals surface area contributed by atoms with Crippen LogP contribution in [-0.4, -0.2) is 0 Å². The molecule has 0 bridgehead atoms. The highest BCUT2D eigenvalue weighted by Gasteiger charge is 2.10. The average Bonchev–Trinajstić information content (AvgIpc) is 2.40. The summed E-state index contributed by atoms with van der Waals surface area (Å²) in [5.74, 6) is -0.418. The average molecular weight is 260 g/mol. The van der Waals surface area contributed by atoms with Crippen molar-refractivity contribution >= 4 is 5.69 Å². The molecule has 0 spiro atoms. The second-order valence-electron chi connectivity index (χ2n) is 4.26. The number of nitrogens with two attached hydrogens (primary N) is 2. The van der Waals surface area contributed by atoms with Gasteiger partial charge in [-0.05, 0) is 36.6 Å². The molecule has 1 rings (SSSR count). The zero-order chi connectivity index (χ0) is 14.3. The van der Waals surface area contributed by atoms with E-state index in [-0.39, 0.29) is 11.7 Å². The number of halogens is 1. The van der Waals surface area contributed by atoms with Crippen molar-refractivity contribution in [1.82, 2.24) is 0 Å². The maximum absolute atomic E-state index is 13.2. The summed E-state index contributed by atoms with van der Waals surface area (Å²) in [5.41, 5.74) is 13.6. The van der Waals surface area contributed by atoms with Crippen molar-refractivity contribution in [2.24, 2.45) is 5.73 Å². The molecular formula is C16H21FN2. The van der Waals surface area contributed by atoms with Crippen molar-refractivity contribution in [1.29, 1.82) is 0 Å². The summed E-state index contributed by atoms with van der Waals surface area (Å²) in [7, 11) is 0. The Morgan fingerprint density at radius 3 is 2.74 bits per heavy atom. The molecule has 0 aliphatic carbocycles. The Balaban J connectivity index is 3.05. The first-order valence-electron chi connectivity index (χ1n) is 6.40. The van der Waals surface area contributed by atoms with Gasteiger partial charge < -0.3 is 11.5 Å². The fraction of sp³-hybridized carbons (Fsp3) is 0.250. The Labute approximate surface area is 114 Å². The van der Waals surface area contributed by atoms with Crippen molar-refractivity contribution in [3.05, 3.63) is 65.5 Å². The van der Waals surface area contributed by atoms with Crippen molar-refractivity contribution < 1.29 is 4.39 Å². The molecule has 1 unspecified atom stereocenters. The molecule has 2 nitrogen and oxygen atoms in total. The maximum Gasteiger partial charge on any atom is 0.146 e. The van der Waals surface area contributed by atoms with Gasteiger partial charge in [0.2, 0.25) is 0 Å². The summed E-state index contributed by atoms with van der Waals surface area (Å²) >= 11 is 0. The third-order valence-electron chi connectivity index (χ3n) is 2.76. The van der Waals surface area contributed by atoms with E-state index in [4.69, 9.17) is 11.5 Å². The Hall–Kier alpha value is -1.87. The minimum absolute atomic E-state index is 0.122. The summed E-state index contributed by atoms with van der Waals surface area (Å²) in [6.45, 7) is 4.00. The lowest BCUT2D eigenvalue weighted by atomic mass is 9.98. The quantitative estimate of drug-likeness (QED) is 0.623. The van der Waals surface area contributed by atoms with Crippen LogP contribution in [0.3, 0.4) is 0 Å². The van der Waals surface area contributed by atoms with E-state index in [1.807, 2.05) is 31.2 Å². The van der Waals surface area contributed by atoms with Crippen LogP contribution in [0.2, 0.25) is 0 Å². The third-order valence-corrected chi connectivity index (χ3v) is 2.76. The maximum atomic E-state index is 13.2. The summed E-state index contributed by atoms with van der Waals surface area (Å²) < 4.78 is 13.2. The van der Waals surface area contributed by atoms with Crippen LogP contribution in [0, 0.1) is 5.82 Å². The number of rotatable bonds is 5. The predicted molar refractivity (Wildman–Crippen MR) is 80.1 cm³/mol. The zero-order valence-corrected chi connectivity index (χ0v) is 11.4. The summed E-state index contributed by atoms with van der Waals surface area (Å²) in [5, 5.41) is 0. The van der Waals surface area contributed by atoms with Gasteiger partial charge in [-0.1, -0.05) is 43.4 Å². The molecule has 0 aliphatic heterocycles. The van der Waals surface area contributed by atoms with Gasteiger partial charge in [-0.2, -0.15) is 0 Å². The summed E-state index contributed by atoms with van der Waals surface area (Å²) in [6.07, 6.45) is 10.8. The standard InChI is InChI=1S/C16H21FN2/c1-3-5-6-8-12(7-4-2)16(19)13-9-10-14(17)15(18)11-13/h4-11,16H,3,18-19H2,1-2H3. The number of anilines is 1. The van der Waals surface area contributed by atoms with E-state index < -0.39 is 5.82 Å². The Bertz CT molecular complexity index is 501. The molecule has 0 aliphatic rings. The number of nitrogen functional groups attached to an aromatic ring is 1. The van der Waals surface area contributed by atoms with Gasteiger partial charge in [0.1, 0.15) is 5.82 Å². The lowest BCUT2D eigenvalue weighted by molar-refractivity contribution is 0.631. The van der Waals surface area contributed by atoms with Crippen LogP contribution in [0.15, 0.2) is 54.2 Å². The van der Waals surface area contributed by atoms with Gasteiger partial charge in [0.15, 0.2) is 0 Å². The lowest BCUT2D eigenvalue weighted by Crippen LogP contribution is -2.12. The van der Waals surface area contributed by atoms with Crippen LogP contribution in [-0.2, 0) is 0 Å². The molecule has 1 atom stereocenters. The molecule has 1 aromatic rings. The first-order valence-corrected chi connectivity index (χ1v) is 6.40. The lowest BCUT2D eigenvalue weighted by Gasteiger charge is -2.14. The van der Waals surface area contributed by atoms with Crippen molar-refractivity contribution in [3.63, 3.8) is 0 Å². The second-order valence-corrected chi connectivity index (χ2v) is 4.26. The number of benzene rings is 1. The number of allylic oxidation sites excluding steroid dienone is 4. The predicted octanol–water partition coefficient (Wildman–Crippen LogP) is 3.88. The van der Waals surface area contributed by atoms with E-state index in [9.17, 15) is 4.39 Å².